The molecule has 0 spiro atoms. The smallest absolute Gasteiger partial charge is 0.257 e. The van der Waals surface area contributed by atoms with Gasteiger partial charge in [0.15, 0.2) is 0 Å². The van der Waals surface area contributed by atoms with Crippen LogP contribution in [0.3, 0.4) is 0 Å². The van der Waals surface area contributed by atoms with E-state index in [1.807, 2.05) is 6.92 Å². The number of carbonyl (C=O) groups is 2. The summed E-state index contributed by atoms with van der Waals surface area (Å²) in [5, 5.41) is 5.61. The second-order valence-corrected chi connectivity index (χ2v) is 5.71. The number of aryl methyl sites for hydroxylation is 1. The number of carbonyl (C=O) groups excluding carboxylic acids is 2. The Hall–Kier alpha value is -2.73. The summed E-state index contributed by atoms with van der Waals surface area (Å²) < 4.78 is 5.35. The van der Waals surface area contributed by atoms with E-state index in [1.54, 1.807) is 42.6 Å². The summed E-state index contributed by atoms with van der Waals surface area (Å²) in [7, 11) is 0. The molecule has 1 aromatic heterocycles. The number of rotatable bonds is 4. The van der Waals surface area contributed by atoms with Crippen LogP contribution in [0.1, 0.15) is 28.9 Å². The lowest BCUT2D eigenvalue weighted by molar-refractivity contribution is -0.124. The fraction of sp³-hybridized carbons (Fsp3) is 0.278. The van der Waals surface area contributed by atoms with E-state index in [4.69, 9.17) is 4.74 Å². The monoisotopic (exact) mass is 325 g/mol. The highest BCUT2D eigenvalue weighted by Gasteiger charge is 2.23. The lowest BCUT2D eigenvalue weighted by Crippen LogP contribution is -2.26. The second-order valence-electron chi connectivity index (χ2n) is 5.71. The minimum Gasteiger partial charge on any atom is -0.368 e. The number of benzene rings is 1. The first-order chi connectivity index (χ1) is 11.6. The van der Waals surface area contributed by atoms with Gasteiger partial charge in [-0.1, -0.05) is 0 Å². The lowest BCUT2D eigenvalue weighted by Gasteiger charge is -2.11. The molecule has 1 saturated heterocycles. The topological polar surface area (TPSA) is 80.3 Å². The molecule has 0 aliphatic carbocycles. The van der Waals surface area contributed by atoms with Gasteiger partial charge in [-0.3, -0.25) is 14.6 Å². The maximum absolute atomic E-state index is 12.1. The zero-order valence-corrected chi connectivity index (χ0v) is 13.4. The summed E-state index contributed by atoms with van der Waals surface area (Å²) in [5.74, 6) is -0.353. The van der Waals surface area contributed by atoms with E-state index < -0.39 is 0 Å². The van der Waals surface area contributed by atoms with Crippen molar-refractivity contribution in [1.82, 2.24) is 4.98 Å². The van der Waals surface area contributed by atoms with Gasteiger partial charge in [-0.15, -0.1) is 0 Å². The van der Waals surface area contributed by atoms with Crippen molar-refractivity contribution in [2.45, 2.75) is 25.9 Å². The van der Waals surface area contributed by atoms with Gasteiger partial charge < -0.3 is 15.4 Å². The quantitative estimate of drug-likeness (QED) is 0.906. The Morgan fingerprint density at radius 2 is 1.79 bits per heavy atom. The molecular formula is C18H19N3O3. The molecule has 6 heteroatoms. The van der Waals surface area contributed by atoms with Crippen LogP contribution in [-0.2, 0) is 9.53 Å². The first-order valence-electron chi connectivity index (χ1n) is 7.88. The molecule has 2 aromatic rings. The van der Waals surface area contributed by atoms with Gasteiger partial charge in [0.05, 0.1) is 5.56 Å². The summed E-state index contributed by atoms with van der Waals surface area (Å²) >= 11 is 0. The maximum Gasteiger partial charge on any atom is 0.257 e. The van der Waals surface area contributed by atoms with Crippen molar-refractivity contribution in [2.75, 3.05) is 17.2 Å². The van der Waals surface area contributed by atoms with Gasteiger partial charge in [0.1, 0.15) is 6.10 Å². The molecule has 6 nitrogen and oxygen atoms in total. The number of nitrogens with zero attached hydrogens (tertiary/aromatic N) is 1. The zero-order valence-electron chi connectivity index (χ0n) is 13.4. The average molecular weight is 325 g/mol. The number of pyridine rings is 1. The molecule has 2 heterocycles. The lowest BCUT2D eigenvalue weighted by atomic mass is 10.2. The van der Waals surface area contributed by atoms with Crippen molar-refractivity contribution in [2.24, 2.45) is 0 Å². The Morgan fingerprint density at radius 1 is 1.08 bits per heavy atom. The predicted octanol–water partition coefficient (Wildman–Crippen LogP) is 2.76. The molecule has 1 fully saturated rings. The fourth-order valence-electron chi connectivity index (χ4n) is 2.45. The minimum absolute atomic E-state index is 0.130. The highest BCUT2D eigenvalue weighted by Crippen LogP contribution is 2.17. The Morgan fingerprint density at radius 3 is 2.38 bits per heavy atom. The standard InChI is InChI=1S/C18H19N3O3/c1-12-4-5-13(11-19-12)17(22)20-14-6-8-15(9-7-14)21-18(23)16-3-2-10-24-16/h4-9,11,16H,2-3,10H2,1H3,(H,20,22)(H,21,23). The highest BCUT2D eigenvalue weighted by atomic mass is 16.5. The average Bonchev–Trinajstić information content (AvgIpc) is 3.12. The Balaban J connectivity index is 1.58. The summed E-state index contributed by atoms with van der Waals surface area (Å²) in [6.07, 6.45) is 2.85. The molecule has 124 valence electrons. The van der Waals surface area contributed by atoms with Crippen molar-refractivity contribution < 1.29 is 14.3 Å². The number of amides is 2. The highest BCUT2D eigenvalue weighted by molar-refractivity contribution is 6.04. The van der Waals surface area contributed by atoms with Crippen LogP contribution < -0.4 is 10.6 Å². The van der Waals surface area contributed by atoms with E-state index in [0.29, 0.717) is 23.5 Å². The molecule has 0 saturated carbocycles. The van der Waals surface area contributed by atoms with Crippen molar-refractivity contribution in [3.8, 4) is 0 Å². The number of anilines is 2. The van der Waals surface area contributed by atoms with Gasteiger partial charge >= 0.3 is 0 Å². The number of ether oxygens (including phenoxy) is 1. The molecule has 1 aliphatic rings. The summed E-state index contributed by atoms with van der Waals surface area (Å²) in [6, 6.07) is 10.5. The van der Waals surface area contributed by atoms with E-state index in [9.17, 15) is 9.59 Å². The van der Waals surface area contributed by atoms with E-state index in [-0.39, 0.29) is 17.9 Å². The third-order valence-corrected chi connectivity index (χ3v) is 3.81. The number of nitrogens with one attached hydrogen (secondary N) is 2. The SMILES string of the molecule is Cc1ccc(C(=O)Nc2ccc(NC(=O)C3CCCO3)cc2)cn1. The largest absolute Gasteiger partial charge is 0.368 e. The molecule has 0 bridgehead atoms. The normalized spacial score (nSPS) is 16.6. The van der Waals surface area contributed by atoms with Gasteiger partial charge in [-0.25, -0.2) is 0 Å². The van der Waals surface area contributed by atoms with Crippen molar-refractivity contribution in [3.05, 3.63) is 53.9 Å². The Kier molecular flexibility index (Phi) is 4.86. The third-order valence-electron chi connectivity index (χ3n) is 3.81. The van der Waals surface area contributed by atoms with Crippen LogP contribution >= 0.6 is 0 Å². The fourth-order valence-corrected chi connectivity index (χ4v) is 2.45. The molecule has 2 N–H and O–H groups in total. The number of hydrogen-bond acceptors (Lipinski definition) is 4. The van der Waals surface area contributed by atoms with E-state index in [1.165, 1.54) is 0 Å². The van der Waals surface area contributed by atoms with Crippen LogP contribution in [0.25, 0.3) is 0 Å². The molecule has 2 amide bonds. The van der Waals surface area contributed by atoms with Crippen LogP contribution in [0.5, 0.6) is 0 Å². The van der Waals surface area contributed by atoms with Crippen molar-refractivity contribution in [1.29, 1.82) is 0 Å². The molecule has 3 rings (SSSR count). The predicted molar refractivity (Wildman–Crippen MR) is 91.0 cm³/mol. The number of hydrogen-bond donors (Lipinski definition) is 2. The minimum atomic E-state index is -0.363. The van der Waals surface area contributed by atoms with Crippen LogP contribution in [0.2, 0.25) is 0 Å². The van der Waals surface area contributed by atoms with Crippen molar-refractivity contribution >= 4 is 23.2 Å². The van der Waals surface area contributed by atoms with Gasteiger partial charge in [-0.05, 0) is 56.2 Å². The van der Waals surface area contributed by atoms with Crippen LogP contribution in [0.4, 0.5) is 11.4 Å². The van der Waals surface area contributed by atoms with Crippen molar-refractivity contribution in [3.63, 3.8) is 0 Å². The third kappa shape index (κ3) is 3.97. The maximum atomic E-state index is 12.1. The second kappa shape index (κ2) is 7.23. The first-order valence-corrected chi connectivity index (χ1v) is 7.88. The van der Waals surface area contributed by atoms with Crippen LogP contribution in [0, 0.1) is 6.92 Å². The molecule has 0 radical (unpaired) electrons. The Bertz CT molecular complexity index is 720. The zero-order chi connectivity index (χ0) is 16.9. The van der Waals surface area contributed by atoms with E-state index in [0.717, 1.165) is 18.5 Å². The molecule has 1 unspecified atom stereocenters. The Labute approximate surface area is 140 Å². The van der Waals surface area contributed by atoms with E-state index >= 15 is 0 Å². The first kappa shape index (κ1) is 16.1. The molecule has 24 heavy (non-hydrogen) atoms. The van der Waals surface area contributed by atoms with Gasteiger partial charge in [0.25, 0.3) is 11.8 Å². The molecular weight excluding hydrogens is 306 g/mol. The van der Waals surface area contributed by atoms with Crippen LogP contribution in [-0.4, -0.2) is 29.5 Å². The summed E-state index contributed by atoms with van der Waals surface area (Å²) in [5.41, 5.74) is 2.68. The van der Waals surface area contributed by atoms with Gasteiger partial charge in [0, 0.05) is 29.9 Å². The summed E-state index contributed by atoms with van der Waals surface area (Å²) in [6.45, 7) is 2.50. The van der Waals surface area contributed by atoms with Gasteiger partial charge in [0.2, 0.25) is 0 Å². The summed E-state index contributed by atoms with van der Waals surface area (Å²) in [4.78, 5) is 28.2. The molecule has 1 atom stereocenters. The molecule has 1 aliphatic heterocycles. The van der Waals surface area contributed by atoms with Crippen LogP contribution in [0.15, 0.2) is 42.6 Å². The molecule has 1 aromatic carbocycles. The van der Waals surface area contributed by atoms with Gasteiger partial charge in [-0.2, -0.15) is 0 Å². The number of aromatic nitrogens is 1. The van der Waals surface area contributed by atoms with E-state index in [2.05, 4.69) is 15.6 Å².